The molecule has 0 N–H and O–H groups in total. The minimum absolute atomic E-state index is 0. The Labute approximate surface area is 79.4 Å². The molecule has 0 unspecified atom stereocenters. The number of halogens is 1. The summed E-state index contributed by atoms with van der Waals surface area (Å²) < 4.78 is 0. The van der Waals surface area contributed by atoms with Gasteiger partial charge in [0, 0.05) is 0 Å². The van der Waals surface area contributed by atoms with Gasteiger partial charge < -0.3 is 0 Å². The zero-order valence-corrected chi connectivity index (χ0v) is 2.96. The zero-order valence-electron chi connectivity index (χ0n) is 1.38. The van der Waals surface area contributed by atoms with Crippen molar-refractivity contribution in [3.8, 4) is 0 Å². The van der Waals surface area contributed by atoms with Crippen LogP contribution in [0.3, 0.4) is 0 Å². The third kappa shape index (κ3) is 8.82. The predicted molar refractivity (Wildman–Crippen MR) is 29.1 cm³/mol. The summed E-state index contributed by atoms with van der Waals surface area (Å²) in [4.78, 5) is 0. The fourth-order valence-corrected chi connectivity index (χ4v) is 0. The quantitative estimate of drug-likeness (QED) is 0.323. The molecule has 0 saturated carbocycles. The summed E-state index contributed by atoms with van der Waals surface area (Å²) in [6.07, 6.45) is 0. The molecule has 0 aliphatic heterocycles. The molecule has 0 aromatic rings. The van der Waals surface area contributed by atoms with Crippen molar-refractivity contribution in [2.45, 2.75) is 0 Å². The Hall–Kier alpha value is 2.48. The Bertz CT molecular complexity index is 6.00. The van der Waals surface area contributed by atoms with Crippen LogP contribution in [0, 0.1) is 0 Å². The van der Waals surface area contributed by atoms with E-state index in [2.05, 4.69) is 15.9 Å². The van der Waals surface area contributed by atoms with Crippen LogP contribution in [0.15, 0.2) is 0 Å². The van der Waals surface area contributed by atoms with Gasteiger partial charge in [-0.15, -0.1) is 0 Å². The third-order valence-electron chi connectivity index (χ3n) is 0. The van der Waals surface area contributed by atoms with Crippen molar-refractivity contribution < 1.29 is 0 Å². The van der Waals surface area contributed by atoms with Crippen LogP contribution in [0.5, 0.6) is 0 Å². The second kappa shape index (κ2) is 17.9. The molecule has 0 nitrogen and oxygen atoms in total. The maximum absolute atomic E-state index is 2.94. The van der Waals surface area contributed by atoms with Crippen molar-refractivity contribution in [1.29, 1.82) is 0 Å². The first-order valence-corrected chi connectivity index (χ1v) is 1.96. The van der Waals surface area contributed by atoms with E-state index in [0.717, 1.165) is 0 Å². The molecule has 4 heavy (non-hydrogen) atoms. The van der Waals surface area contributed by atoms with Gasteiger partial charge in [-0.25, -0.2) is 0 Å². The predicted octanol–water partition coefficient (Wildman–Crippen LogP) is -0.286. The molecule has 0 aliphatic carbocycles. The standard InChI is InChI=1S/CH3Br.2Na.2H/c1-2;;;;/h1H3;;;;. The topological polar surface area (TPSA) is 0 Å². The SMILES string of the molecule is CBr.[NaH].[NaH]. The van der Waals surface area contributed by atoms with Crippen LogP contribution in [0.2, 0.25) is 0 Å². The summed E-state index contributed by atoms with van der Waals surface area (Å²) in [5.74, 6) is 1.81. The molecule has 3 heteroatoms. The molecule has 0 aromatic carbocycles. The molecular weight excluding hydrogens is 138 g/mol. The number of rotatable bonds is 0. The number of alkyl halides is 1. The molecule has 0 saturated heterocycles. The van der Waals surface area contributed by atoms with Gasteiger partial charge in [-0.1, -0.05) is 15.9 Å². The van der Waals surface area contributed by atoms with E-state index in [1.54, 1.807) is 0 Å². The van der Waals surface area contributed by atoms with Gasteiger partial charge in [0.2, 0.25) is 0 Å². The monoisotopic (exact) mass is 142 g/mol. The second-order valence-electron chi connectivity index (χ2n) is 0. The van der Waals surface area contributed by atoms with E-state index in [0.29, 0.717) is 0 Å². The molecule has 0 fully saturated rings. The van der Waals surface area contributed by atoms with Gasteiger partial charge in [-0.2, -0.15) is 0 Å². The van der Waals surface area contributed by atoms with Crippen LogP contribution in [-0.4, -0.2) is 64.9 Å². The van der Waals surface area contributed by atoms with Gasteiger partial charge in [0.15, 0.2) is 0 Å². The average molecular weight is 143 g/mol. The Balaban J connectivity index is -0.00000000500. The molecule has 0 aromatic heterocycles. The molecule has 0 radical (unpaired) electrons. The van der Waals surface area contributed by atoms with Gasteiger partial charge in [-0.05, 0) is 5.83 Å². The maximum atomic E-state index is 2.94. The summed E-state index contributed by atoms with van der Waals surface area (Å²) in [7, 11) is 0. The van der Waals surface area contributed by atoms with Crippen molar-refractivity contribution in [3.05, 3.63) is 0 Å². The van der Waals surface area contributed by atoms with E-state index >= 15 is 0 Å². The van der Waals surface area contributed by atoms with Crippen molar-refractivity contribution in [1.82, 2.24) is 0 Å². The zero-order chi connectivity index (χ0) is 2.00. The molecule has 0 bridgehead atoms. The molecule has 0 aliphatic rings. The summed E-state index contributed by atoms with van der Waals surface area (Å²) in [5.41, 5.74) is 0. The first kappa shape index (κ1) is 16.1. The van der Waals surface area contributed by atoms with Gasteiger partial charge in [-0.3, -0.25) is 0 Å². The molecular formula is CH5BrNa2. The summed E-state index contributed by atoms with van der Waals surface area (Å²) in [5, 5.41) is 0. The molecule has 0 atom stereocenters. The van der Waals surface area contributed by atoms with Crippen LogP contribution in [0.25, 0.3) is 0 Å². The van der Waals surface area contributed by atoms with Crippen molar-refractivity contribution in [2.24, 2.45) is 0 Å². The van der Waals surface area contributed by atoms with Gasteiger partial charge in [0.25, 0.3) is 0 Å². The summed E-state index contributed by atoms with van der Waals surface area (Å²) in [6.45, 7) is 0. The van der Waals surface area contributed by atoms with Crippen LogP contribution >= 0.6 is 15.9 Å². The van der Waals surface area contributed by atoms with Crippen LogP contribution < -0.4 is 0 Å². The molecule has 0 rings (SSSR count). The van der Waals surface area contributed by atoms with E-state index in [1.165, 1.54) is 0 Å². The first-order chi connectivity index (χ1) is 1.00. The fraction of sp³-hybridized carbons (Fsp3) is 1.00. The fourth-order valence-electron chi connectivity index (χ4n) is 0. The molecule has 0 amide bonds. The summed E-state index contributed by atoms with van der Waals surface area (Å²) in [6, 6.07) is 0. The van der Waals surface area contributed by atoms with Crippen molar-refractivity contribution in [2.75, 3.05) is 5.83 Å². The van der Waals surface area contributed by atoms with Crippen LogP contribution in [0.4, 0.5) is 0 Å². The van der Waals surface area contributed by atoms with Crippen molar-refractivity contribution in [3.63, 3.8) is 0 Å². The number of hydrogen-bond donors (Lipinski definition) is 0. The second-order valence-corrected chi connectivity index (χ2v) is 0. The molecule has 0 heterocycles. The first-order valence-electron chi connectivity index (χ1n) is 0.378. The normalized spacial score (nSPS) is 1.50. The average Bonchev–Trinajstić information content (AvgIpc) is 1.00. The van der Waals surface area contributed by atoms with Crippen LogP contribution in [0.1, 0.15) is 0 Å². The summed E-state index contributed by atoms with van der Waals surface area (Å²) >= 11 is 2.94. The van der Waals surface area contributed by atoms with Gasteiger partial charge in [0.05, 0.1) is 0 Å². The minimum atomic E-state index is 0. The molecule has 18 valence electrons. The van der Waals surface area contributed by atoms with Crippen molar-refractivity contribution >= 4 is 75.0 Å². The third-order valence-corrected chi connectivity index (χ3v) is 0. The van der Waals surface area contributed by atoms with E-state index in [1.807, 2.05) is 5.83 Å². The van der Waals surface area contributed by atoms with Crippen LogP contribution in [-0.2, 0) is 0 Å². The van der Waals surface area contributed by atoms with E-state index in [9.17, 15) is 0 Å². The molecule has 0 spiro atoms. The Morgan fingerprint density at radius 1 is 1.00 bits per heavy atom. The number of hydrogen-bond acceptors (Lipinski definition) is 0. The van der Waals surface area contributed by atoms with E-state index < -0.39 is 0 Å². The Morgan fingerprint density at radius 3 is 1.00 bits per heavy atom. The Morgan fingerprint density at radius 2 is 1.00 bits per heavy atom. The van der Waals surface area contributed by atoms with E-state index in [4.69, 9.17) is 0 Å². The Kier molecular flexibility index (Phi) is 71.8. The van der Waals surface area contributed by atoms with E-state index in [-0.39, 0.29) is 59.1 Å². The van der Waals surface area contributed by atoms with Gasteiger partial charge >= 0.3 is 59.1 Å². The van der Waals surface area contributed by atoms with Gasteiger partial charge in [0.1, 0.15) is 0 Å².